The second-order valence-electron chi connectivity index (χ2n) is 10.2. The SMILES string of the molecule is C=Nc1cc(N(CCCCO)c2cccc(OC)c2)ccc1N=CCCc1cnc(N2CCN(C)CC2)c(C)c1. The van der Waals surface area contributed by atoms with Crippen molar-refractivity contribution in [3.63, 3.8) is 0 Å². The van der Waals surface area contributed by atoms with Crippen LogP contribution >= 0.6 is 0 Å². The predicted molar refractivity (Wildman–Crippen MR) is 167 cm³/mol. The number of nitrogens with zero attached hydrogens (tertiary/aromatic N) is 6. The molecule has 8 heteroatoms. The summed E-state index contributed by atoms with van der Waals surface area (Å²) in [5, 5.41) is 9.30. The highest BCUT2D eigenvalue weighted by atomic mass is 16.5. The Hall–Kier alpha value is -3.75. The van der Waals surface area contributed by atoms with Crippen LogP contribution in [0.15, 0.2) is 64.7 Å². The molecule has 2 heterocycles. The van der Waals surface area contributed by atoms with E-state index >= 15 is 0 Å². The molecule has 1 aliphatic rings. The van der Waals surface area contributed by atoms with E-state index in [1.807, 2.05) is 42.7 Å². The van der Waals surface area contributed by atoms with Gasteiger partial charge in [0.05, 0.1) is 18.5 Å². The molecule has 0 bridgehead atoms. The summed E-state index contributed by atoms with van der Waals surface area (Å²) in [5.74, 6) is 1.90. The van der Waals surface area contributed by atoms with Gasteiger partial charge in [0.2, 0.25) is 0 Å². The number of aryl methyl sites for hydroxylation is 2. The van der Waals surface area contributed by atoms with Crippen molar-refractivity contribution in [1.29, 1.82) is 0 Å². The fourth-order valence-corrected chi connectivity index (χ4v) is 4.99. The van der Waals surface area contributed by atoms with E-state index in [2.05, 4.69) is 58.6 Å². The Labute approximate surface area is 238 Å². The molecule has 0 atom stereocenters. The van der Waals surface area contributed by atoms with E-state index in [9.17, 15) is 5.11 Å². The normalized spacial score (nSPS) is 14.1. The number of piperazine rings is 1. The Morgan fingerprint density at radius 2 is 1.85 bits per heavy atom. The van der Waals surface area contributed by atoms with Crippen LogP contribution in [0, 0.1) is 6.92 Å². The van der Waals surface area contributed by atoms with Crippen LogP contribution < -0.4 is 14.5 Å². The van der Waals surface area contributed by atoms with Gasteiger partial charge in [0.15, 0.2) is 0 Å². The van der Waals surface area contributed by atoms with Crippen LogP contribution in [-0.4, -0.2) is 81.4 Å². The smallest absolute Gasteiger partial charge is 0.131 e. The molecule has 1 fully saturated rings. The summed E-state index contributed by atoms with van der Waals surface area (Å²) in [6, 6.07) is 16.3. The van der Waals surface area contributed by atoms with Crippen molar-refractivity contribution in [1.82, 2.24) is 9.88 Å². The van der Waals surface area contributed by atoms with Crippen molar-refractivity contribution < 1.29 is 9.84 Å². The second-order valence-corrected chi connectivity index (χ2v) is 10.2. The zero-order chi connectivity index (χ0) is 28.3. The number of aliphatic hydroxyl groups excluding tert-OH is 1. The minimum Gasteiger partial charge on any atom is -0.497 e. The number of methoxy groups -OCH3 is 1. The van der Waals surface area contributed by atoms with E-state index in [1.54, 1.807) is 7.11 Å². The number of likely N-dealkylation sites (N-methyl/N-ethyl adjacent to an activating group) is 1. The molecule has 0 unspecified atom stereocenters. The zero-order valence-corrected chi connectivity index (χ0v) is 24.1. The van der Waals surface area contributed by atoms with Gasteiger partial charge >= 0.3 is 0 Å². The third kappa shape index (κ3) is 7.67. The predicted octanol–water partition coefficient (Wildman–Crippen LogP) is 5.73. The number of hydrogen-bond acceptors (Lipinski definition) is 8. The van der Waals surface area contributed by atoms with E-state index < -0.39 is 0 Å². The fraction of sp³-hybridized carbons (Fsp3) is 0.406. The van der Waals surface area contributed by atoms with Crippen molar-refractivity contribution in [2.45, 2.75) is 32.6 Å². The molecule has 8 nitrogen and oxygen atoms in total. The van der Waals surface area contributed by atoms with Crippen molar-refractivity contribution >= 4 is 41.5 Å². The molecular formula is C32H42N6O2. The van der Waals surface area contributed by atoms with E-state index in [0.717, 1.165) is 92.7 Å². The molecule has 0 radical (unpaired) electrons. The molecule has 0 aliphatic carbocycles. The highest BCUT2D eigenvalue weighted by Gasteiger charge is 2.17. The van der Waals surface area contributed by atoms with Gasteiger partial charge in [-0.25, -0.2) is 4.98 Å². The number of pyridine rings is 1. The summed E-state index contributed by atoms with van der Waals surface area (Å²) in [7, 11) is 3.84. The summed E-state index contributed by atoms with van der Waals surface area (Å²) in [6.07, 6.45) is 7.24. The van der Waals surface area contributed by atoms with Gasteiger partial charge < -0.3 is 24.5 Å². The number of aliphatic imine (C=N–C) groups is 2. The average Bonchev–Trinajstić information content (AvgIpc) is 2.98. The molecule has 212 valence electrons. The van der Waals surface area contributed by atoms with Crippen molar-refractivity contribution in [3.8, 4) is 5.75 Å². The Morgan fingerprint density at radius 1 is 1.05 bits per heavy atom. The number of hydrogen-bond donors (Lipinski definition) is 1. The summed E-state index contributed by atoms with van der Waals surface area (Å²) in [6.45, 7) is 11.1. The Bertz CT molecular complexity index is 1290. The Morgan fingerprint density at radius 3 is 2.58 bits per heavy atom. The molecule has 1 aliphatic heterocycles. The molecular weight excluding hydrogens is 500 g/mol. The van der Waals surface area contributed by atoms with Gasteiger partial charge in [-0.3, -0.25) is 9.98 Å². The van der Waals surface area contributed by atoms with Crippen LogP contribution in [0.25, 0.3) is 0 Å². The van der Waals surface area contributed by atoms with Gasteiger partial charge in [0.1, 0.15) is 11.6 Å². The van der Waals surface area contributed by atoms with Crippen molar-refractivity contribution in [2.24, 2.45) is 9.98 Å². The van der Waals surface area contributed by atoms with Crippen LogP contribution in [-0.2, 0) is 6.42 Å². The van der Waals surface area contributed by atoms with Gasteiger partial charge in [-0.1, -0.05) is 12.1 Å². The maximum Gasteiger partial charge on any atom is 0.131 e. The molecule has 0 amide bonds. The lowest BCUT2D eigenvalue weighted by Crippen LogP contribution is -2.45. The molecule has 4 rings (SSSR count). The third-order valence-electron chi connectivity index (χ3n) is 7.30. The molecule has 0 spiro atoms. The van der Waals surface area contributed by atoms with E-state index in [4.69, 9.17) is 14.7 Å². The third-order valence-corrected chi connectivity index (χ3v) is 7.30. The lowest BCUT2D eigenvalue weighted by Gasteiger charge is -2.34. The molecule has 1 N–H and O–H groups in total. The number of rotatable bonds is 13. The number of benzene rings is 2. The van der Waals surface area contributed by atoms with Crippen LogP contribution in [0.3, 0.4) is 0 Å². The maximum absolute atomic E-state index is 9.30. The fourth-order valence-electron chi connectivity index (χ4n) is 4.99. The molecule has 1 aromatic heterocycles. The molecule has 0 saturated carbocycles. The minimum absolute atomic E-state index is 0.176. The largest absolute Gasteiger partial charge is 0.497 e. The number of aliphatic hydroxyl groups is 1. The lowest BCUT2D eigenvalue weighted by atomic mass is 10.1. The minimum atomic E-state index is 0.176. The summed E-state index contributed by atoms with van der Waals surface area (Å²) < 4.78 is 5.44. The van der Waals surface area contributed by atoms with Gasteiger partial charge in [-0.2, -0.15) is 0 Å². The quantitative estimate of drug-likeness (QED) is 0.220. The number of anilines is 3. The summed E-state index contributed by atoms with van der Waals surface area (Å²) in [4.78, 5) is 20.7. The van der Waals surface area contributed by atoms with Crippen molar-refractivity contribution in [3.05, 3.63) is 65.9 Å². The van der Waals surface area contributed by atoms with Crippen LogP contribution in [0.1, 0.15) is 30.4 Å². The van der Waals surface area contributed by atoms with E-state index in [0.29, 0.717) is 0 Å². The zero-order valence-electron chi connectivity index (χ0n) is 24.1. The highest BCUT2D eigenvalue weighted by Crippen LogP contribution is 2.36. The maximum atomic E-state index is 9.30. The number of ether oxygens (including phenoxy) is 1. The van der Waals surface area contributed by atoms with E-state index in [1.165, 1.54) is 11.1 Å². The highest BCUT2D eigenvalue weighted by molar-refractivity contribution is 5.77. The first-order valence-corrected chi connectivity index (χ1v) is 14.1. The van der Waals surface area contributed by atoms with Gasteiger partial charge in [-0.05, 0) is 87.8 Å². The second kappa shape index (κ2) is 14.6. The summed E-state index contributed by atoms with van der Waals surface area (Å²) in [5.41, 5.74) is 5.99. The number of aromatic nitrogens is 1. The van der Waals surface area contributed by atoms with Crippen LogP contribution in [0.5, 0.6) is 5.75 Å². The molecule has 1 saturated heterocycles. The van der Waals surface area contributed by atoms with Gasteiger partial charge in [0, 0.05) is 69.2 Å². The number of unbranched alkanes of at least 4 members (excludes halogenated alkanes) is 1. The summed E-state index contributed by atoms with van der Waals surface area (Å²) >= 11 is 0. The molecule has 2 aromatic carbocycles. The van der Waals surface area contributed by atoms with Crippen molar-refractivity contribution in [2.75, 3.05) is 63.3 Å². The molecule has 40 heavy (non-hydrogen) atoms. The lowest BCUT2D eigenvalue weighted by molar-refractivity contribution is 0.285. The van der Waals surface area contributed by atoms with Crippen LogP contribution in [0.2, 0.25) is 0 Å². The topological polar surface area (TPSA) is 76.8 Å². The first-order chi connectivity index (χ1) is 19.5. The first-order valence-electron chi connectivity index (χ1n) is 14.1. The van der Waals surface area contributed by atoms with Gasteiger partial charge in [-0.15, -0.1) is 0 Å². The van der Waals surface area contributed by atoms with Gasteiger partial charge in [0.25, 0.3) is 0 Å². The Kier molecular flexibility index (Phi) is 10.7. The van der Waals surface area contributed by atoms with E-state index in [-0.39, 0.29) is 6.61 Å². The molecule has 3 aromatic rings. The first kappa shape index (κ1) is 29.2. The monoisotopic (exact) mass is 542 g/mol. The standard InChI is InChI=1S/C32H42N6O2/c1-25-21-26(24-35-32(25)37-18-16-36(3)17-19-37)9-8-14-34-30-13-12-28(23-31(30)33-2)38(15-5-6-20-39)27-10-7-11-29(22-27)40-4/h7,10-14,21-24,39H,2,5-6,8-9,15-20H2,1,3-4H3. The van der Waals surface area contributed by atoms with Crippen LogP contribution in [0.4, 0.5) is 28.6 Å². The Balaban J connectivity index is 1.42. The average molecular weight is 543 g/mol.